The van der Waals surface area contributed by atoms with Gasteiger partial charge in [-0.15, -0.1) is 0 Å². The molecule has 0 aliphatic heterocycles. The molecule has 1 atom stereocenters. The Kier molecular flexibility index (Phi) is 5.89. The van der Waals surface area contributed by atoms with Crippen LogP contribution in [0.3, 0.4) is 0 Å². The average Bonchev–Trinajstić information content (AvgIpc) is 3.43. The second-order valence-corrected chi connectivity index (χ2v) is 7.08. The summed E-state index contributed by atoms with van der Waals surface area (Å²) < 4.78 is 1.08. The molecule has 0 bridgehead atoms. The summed E-state index contributed by atoms with van der Waals surface area (Å²) in [6.07, 6.45) is 3.05. The quantitative estimate of drug-likeness (QED) is 0.675. The fourth-order valence-corrected chi connectivity index (χ4v) is 3.36. The first-order valence-electron chi connectivity index (χ1n) is 7.73. The minimum Gasteiger partial charge on any atom is -0.307 e. The molecular formula is C20H21BrO2. The van der Waals surface area contributed by atoms with Gasteiger partial charge in [0.25, 0.3) is 0 Å². The summed E-state index contributed by atoms with van der Waals surface area (Å²) in [5, 5.41) is 0. The zero-order valence-corrected chi connectivity index (χ0v) is 14.9. The van der Waals surface area contributed by atoms with Crippen molar-refractivity contribution in [2.45, 2.75) is 31.6 Å². The summed E-state index contributed by atoms with van der Waals surface area (Å²) in [6, 6.07) is 18.1. The zero-order chi connectivity index (χ0) is 16.9. The van der Waals surface area contributed by atoms with Gasteiger partial charge in [0.2, 0.25) is 0 Å². The fraction of sp³-hybridized carbons (Fsp3) is 0.300. The first-order valence-corrected chi connectivity index (χ1v) is 8.52. The maximum absolute atomic E-state index is 12.6. The van der Waals surface area contributed by atoms with Crippen molar-refractivity contribution in [1.82, 2.24) is 0 Å². The van der Waals surface area contributed by atoms with Crippen LogP contribution in [0.4, 0.5) is 0 Å². The maximum Gasteiger partial charge on any atom is 0.163 e. The first kappa shape index (κ1) is 17.6. The molecule has 3 rings (SSSR count). The number of rotatable bonds is 5. The molecule has 1 fully saturated rings. The van der Waals surface area contributed by atoms with E-state index in [1.165, 1.54) is 18.4 Å². The lowest BCUT2D eigenvalue weighted by molar-refractivity contribution is -0.0980. The van der Waals surface area contributed by atoms with Crippen molar-refractivity contribution in [3.05, 3.63) is 70.2 Å². The van der Waals surface area contributed by atoms with Gasteiger partial charge in [0.1, 0.15) is 6.79 Å². The number of carbonyl (C=O) groups excluding carboxylic acids is 2. The molecule has 1 unspecified atom stereocenters. The van der Waals surface area contributed by atoms with E-state index in [-0.39, 0.29) is 11.2 Å². The molecule has 3 heteroatoms. The van der Waals surface area contributed by atoms with Crippen molar-refractivity contribution in [3.8, 4) is 0 Å². The Labute approximate surface area is 146 Å². The zero-order valence-electron chi connectivity index (χ0n) is 13.3. The van der Waals surface area contributed by atoms with Crippen LogP contribution in [-0.2, 0) is 10.2 Å². The number of carbonyl (C=O) groups is 2. The van der Waals surface area contributed by atoms with Gasteiger partial charge in [-0.25, -0.2) is 0 Å². The maximum atomic E-state index is 12.6. The molecular weight excluding hydrogens is 352 g/mol. The van der Waals surface area contributed by atoms with Crippen LogP contribution in [0.15, 0.2) is 59.1 Å². The third kappa shape index (κ3) is 4.17. The highest BCUT2D eigenvalue weighted by atomic mass is 79.9. The molecule has 2 aromatic carbocycles. The first-order chi connectivity index (χ1) is 11.1. The van der Waals surface area contributed by atoms with Gasteiger partial charge in [-0.05, 0) is 36.5 Å². The summed E-state index contributed by atoms with van der Waals surface area (Å²) >= 11 is 3.49. The van der Waals surface area contributed by atoms with Crippen molar-refractivity contribution in [2.24, 2.45) is 5.92 Å². The van der Waals surface area contributed by atoms with Gasteiger partial charge in [0, 0.05) is 21.9 Å². The molecule has 0 saturated heterocycles. The van der Waals surface area contributed by atoms with Crippen LogP contribution < -0.4 is 0 Å². The highest BCUT2D eigenvalue weighted by molar-refractivity contribution is 9.10. The third-order valence-corrected chi connectivity index (χ3v) is 5.13. The number of hydrogen-bond acceptors (Lipinski definition) is 2. The van der Waals surface area contributed by atoms with Crippen molar-refractivity contribution in [3.63, 3.8) is 0 Å². The minimum atomic E-state index is -0.0480. The Morgan fingerprint density at radius 1 is 1.09 bits per heavy atom. The van der Waals surface area contributed by atoms with Gasteiger partial charge in [-0.3, -0.25) is 4.79 Å². The van der Waals surface area contributed by atoms with Gasteiger partial charge in [0.15, 0.2) is 5.78 Å². The topological polar surface area (TPSA) is 34.1 Å². The molecule has 2 aromatic rings. The van der Waals surface area contributed by atoms with Crippen LogP contribution >= 0.6 is 15.9 Å². The monoisotopic (exact) mass is 372 g/mol. The molecule has 2 nitrogen and oxygen atoms in total. The summed E-state index contributed by atoms with van der Waals surface area (Å²) in [5.74, 6) is 0.874. The average molecular weight is 373 g/mol. The van der Waals surface area contributed by atoms with Crippen molar-refractivity contribution < 1.29 is 9.59 Å². The Bertz CT molecular complexity index is 647. The summed E-state index contributed by atoms with van der Waals surface area (Å²) in [4.78, 5) is 20.6. The van der Waals surface area contributed by atoms with Crippen LogP contribution in [0, 0.1) is 5.92 Å². The van der Waals surface area contributed by atoms with Gasteiger partial charge in [-0.2, -0.15) is 0 Å². The smallest absolute Gasteiger partial charge is 0.163 e. The van der Waals surface area contributed by atoms with Crippen molar-refractivity contribution >= 4 is 28.5 Å². The minimum absolute atomic E-state index is 0.0480. The van der Waals surface area contributed by atoms with Crippen LogP contribution in [0.2, 0.25) is 0 Å². The predicted octanol–water partition coefficient (Wildman–Crippen LogP) is 5.20. The molecule has 0 aromatic heterocycles. The Balaban J connectivity index is 0.000000924. The molecule has 0 radical (unpaired) electrons. The van der Waals surface area contributed by atoms with E-state index >= 15 is 0 Å². The van der Waals surface area contributed by atoms with E-state index in [0.717, 1.165) is 10.0 Å². The molecule has 1 aliphatic rings. The van der Waals surface area contributed by atoms with E-state index in [4.69, 9.17) is 4.79 Å². The van der Waals surface area contributed by atoms with Gasteiger partial charge in [-0.1, -0.05) is 65.3 Å². The number of benzene rings is 2. The fourth-order valence-electron chi connectivity index (χ4n) is 3.09. The summed E-state index contributed by atoms with van der Waals surface area (Å²) in [5.41, 5.74) is 2.05. The van der Waals surface area contributed by atoms with Gasteiger partial charge < -0.3 is 4.79 Å². The third-order valence-electron chi connectivity index (χ3n) is 4.61. The standard InChI is InChI=1S/C19H19BrO.CH2O/c1-19(15-7-8-15,16-9-11-17(20)12-10-16)13-18(21)14-5-3-2-4-6-14;1-2/h2-6,9-12,15H,7-8,13H2,1H3;1H2. The molecule has 0 N–H and O–H groups in total. The van der Waals surface area contributed by atoms with E-state index in [0.29, 0.717) is 12.3 Å². The number of Topliss-reactive ketones (excluding diaryl/α,β-unsaturated/α-hetero) is 1. The lowest BCUT2D eigenvalue weighted by atomic mass is 9.73. The van der Waals surface area contributed by atoms with Crippen LogP contribution in [0.25, 0.3) is 0 Å². The van der Waals surface area contributed by atoms with E-state index in [2.05, 4.69) is 47.1 Å². The predicted molar refractivity (Wildman–Crippen MR) is 96.7 cm³/mol. The Hall–Kier alpha value is -1.74. The van der Waals surface area contributed by atoms with Crippen LogP contribution in [0.1, 0.15) is 42.1 Å². The van der Waals surface area contributed by atoms with Crippen molar-refractivity contribution in [2.75, 3.05) is 0 Å². The normalized spacial score (nSPS) is 15.9. The highest BCUT2D eigenvalue weighted by Gasteiger charge is 2.43. The number of halogens is 1. The van der Waals surface area contributed by atoms with Crippen molar-refractivity contribution in [1.29, 1.82) is 0 Å². The Morgan fingerprint density at radius 3 is 2.17 bits per heavy atom. The molecule has 1 saturated carbocycles. The number of hydrogen-bond donors (Lipinski definition) is 0. The molecule has 0 heterocycles. The largest absolute Gasteiger partial charge is 0.307 e. The second kappa shape index (κ2) is 7.69. The van der Waals surface area contributed by atoms with E-state index < -0.39 is 0 Å². The summed E-state index contributed by atoms with van der Waals surface area (Å²) in [6.45, 7) is 4.24. The van der Waals surface area contributed by atoms with Crippen LogP contribution in [-0.4, -0.2) is 12.6 Å². The Morgan fingerprint density at radius 2 is 1.65 bits per heavy atom. The van der Waals surface area contributed by atoms with Gasteiger partial charge >= 0.3 is 0 Å². The SMILES string of the molecule is C=O.CC(CC(=O)c1ccccc1)(c1ccc(Br)cc1)C1CC1. The lowest BCUT2D eigenvalue weighted by Crippen LogP contribution is -2.28. The van der Waals surface area contributed by atoms with E-state index in [1.807, 2.05) is 37.1 Å². The molecule has 0 spiro atoms. The van der Waals surface area contributed by atoms with Crippen LogP contribution in [0.5, 0.6) is 0 Å². The van der Waals surface area contributed by atoms with E-state index in [1.54, 1.807) is 0 Å². The highest BCUT2D eigenvalue weighted by Crippen LogP contribution is 2.49. The second-order valence-electron chi connectivity index (χ2n) is 6.16. The molecule has 120 valence electrons. The molecule has 0 amide bonds. The van der Waals surface area contributed by atoms with E-state index in [9.17, 15) is 4.79 Å². The summed E-state index contributed by atoms with van der Waals surface area (Å²) in [7, 11) is 0. The number of ketones is 1. The van der Waals surface area contributed by atoms with Gasteiger partial charge in [0.05, 0.1) is 0 Å². The lowest BCUT2D eigenvalue weighted by Gasteiger charge is -2.30. The molecule has 1 aliphatic carbocycles. The molecule has 23 heavy (non-hydrogen) atoms.